The number of aryl methyl sites for hydroxylation is 1. The molecule has 26 heavy (non-hydrogen) atoms. The van der Waals surface area contributed by atoms with E-state index >= 15 is 0 Å². The molecule has 1 amide bonds. The molecule has 138 valence electrons. The third kappa shape index (κ3) is 3.89. The summed E-state index contributed by atoms with van der Waals surface area (Å²) in [7, 11) is -3.29. The van der Waals surface area contributed by atoms with E-state index in [1.54, 1.807) is 24.3 Å². The maximum atomic E-state index is 12.4. The van der Waals surface area contributed by atoms with Crippen molar-refractivity contribution in [2.24, 2.45) is 0 Å². The maximum absolute atomic E-state index is 12.4. The summed E-state index contributed by atoms with van der Waals surface area (Å²) in [5.41, 5.74) is 2.58. The van der Waals surface area contributed by atoms with Crippen LogP contribution in [0.25, 0.3) is 0 Å². The molecule has 7 heteroatoms. The monoisotopic (exact) mass is 374 g/mol. The zero-order valence-corrected chi connectivity index (χ0v) is 15.4. The highest BCUT2D eigenvalue weighted by atomic mass is 32.2. The predicted octanol–water partition coefficient (Wildman–Crippen LogP) is 2.00. The second kappa shape index (κ2) is 7.47. The Balaban J connectivity index is 1.69. The standard InChI is InChI=1S/C19H22N2O4S/c1-14-6-2-3-9-17(14)18(22)13-20-19(23)15-7-4-8-16(12-15)21-10-5-11-26(21,24)25/h2-4,6-9,12,18,22H,5,10-11,13H2,1H3,(H,20,23). The van der Waals surface area contributed by atoms with Crippen LogP contribution in [0.2, 0.25) is 0 Å². The zero-order valence-electron chi connectivity index (χ0n) is 14.6. The molecule has 1 unspecified atom stereocenters. The van der Waals surface area contributed by atoms with E-state index in [1.807, 2.05) is 31.2 Å². The third-order valence-corrected chi connectivity index (χ3v) is 6.37. The molecule has 1 atom stereocenters. The highest BCUT2D eigenvalue weighted by Gasteiger charge is 2.28. The molecule has 3 rings (SSSR count). The molecule has 0 bridgehead atoms. The van der Waals surface area contributed by atoms with E-state index in [2.05, 4.69) is 5.32 Å². The van der Waals surface area contributed by atoms with Crippen LogP contribution < -0.4 is 9.62 Å². The van der Waals surface area contributed by atoms with Gasteiger partial charge in [0.05, 0.1) is 17.5 Å². The number of aliphatic hydroxyl groups excluding tert-OH is 1. The molecule has 0 saturated carbocycles. The van der Waals surface area contributed by atoms with Crippen molar-refractivity contribution in [2.75, 3.05) is 23.1 Å². The first-order valence-electron chi connectivity index (χ1n) is 8.51. The van der Waals surface area contributed by atoms with Crippen molar-refractivity contribution in [3.8, 4) is 0 Å². The number of anilines is 1. The Bertz CT molecular complexity index is 911. The van der Waals surface area contributed by atoms with Crippen LogP contribution in [0.1, 0.15) is 34.0 Å². The normalized spacial score (nSPS) is 17.1. The Morgan fingerprint density at radius 2 is 2.00 bits per heavy atom. The van der Waals surface area contributed by atoms with Gasteiger partial charge in [-0.3, -0.25) is 9.10 Å². The quantitative estimate of drug-likeness (QED) is 0.838. The molecule has 1 saturated heterocycles. The van der Waals surface area contributed by atoms with Gasteiger partial charge in [0.25, 0.3) is 5.91 Å². The smallest absolute Gasteiger partial charge is 0.251 e. The first-order valence-corrected chi connectivity index (χ1v) is 10.1. The van der Waals surface area contributed by atoms with Crippen molar-refractivity contribution >= 4 is 21.6 Å². The largest absolute Gasteiger partial charge is 0.387 e. The van der Waals surface area contributed by atoms with Crippen LogP contribution in [0.3, 0.4) is 0 Å². The van der Waals surface area contributed by atoms with Crippen molar-refractivity contribution in [3.05, 3.63) is 65.2 Å². The lowest BCUT2D eigenvalue weighted by Gasteiger charge is -2.18. The lowest BCUT2D eigenvalue weighted by atomic mass is 10.0. The number of benzene rings is 2. The summed E-state index contributed by atoms with van der Waals surface area (Å²) in [5, 5.41) is 13.0. The second-order valence-corrected chi connectivity index (χ2v) is 8.39. The Hall–Kier alpha value is -2.38. The van der Waals surface area contributed by atoms with Gasteiger partial charge in [0.15, 0.2) is 0 Å². The summed E-state index contributed by atoms with van der Waals surface area (Å²) in [6.07, 6.45) is -0.219. The maximum Gasteiger partial charge on any atom is 0.251 e. The number of aliphatic hydroxyl groups is 1. The average molecular weight is 374 g/mol. The van der Waals surface area contributed by atoms with Crippen molar-refractivity contribution in [1.82, 2.24) is 5.32 Å². The fourth-order valence-corrected chi connectivity index (χ4v) is 4.65. The number of nitrogens with zero attached hydrogens (tertiary/aromatic N) is 1. The van der Waals surface area contributed by atoms with E-state index in [9.17, 15) is 18.3 Å². The molecule has 2 N–H and O–H groups in total. The highest BCUT2D eigenvalue weighted by Crippen LogP contribution is 2.25. The molecule has 1 heterocycles. The van der Waals surface area contributed by atoms with Crippen molar-refractivity contribution in [2.45, 2.75) is 19.4 Å². The summed E-state index contributed by atoms with van der Waals surface area (Å²) in [5.74, 6) is -0.220. The van der Waals surface area contributed by atoms with Gasteiger partial charge in [-0.05, 0) is 42.7 Å². The average Bonchev–Trinajstić information content (AvgIpc) is 2.99. The lowest BCUT2D eigenvalue weighted by molar-refractivity contribution is 0.0916. The van der Waals surface area contributed by atoms with E-state index in [1.165, 1.54) is 4.31 Å². The SMILES string of the molecule is Cc1ccccc1C(O)CNC(=O)c1cccc(N2CCCS2(=O)=O)c1. The molecule has 2 aromatic rings. The third-order valence-electron chi connectivity index (χ3n) is 4.50. The summed E-state index contributed by atoms with van der Waals surface area (Å²) < 4.78 is 25.4. The van der Waals surface area contributed by atoms with Gasteiger partial charge < -0.3 is 10.4 Å². The first kappa shape index (κ1) is 18.4. The minimum Gasteiger partial charge on any atom is -0.387 e. The molecular weight excluding hydrogens is 352 g/mol. The predicted molar refractivity (Wildman–Crippen MR) is 101 cm³/mol. The number of amides is 1. The molecule has 0 radical (unpaired) electrons. The molecular formula is C19H22N2O4S. The lowest BCUT2D eigenvalue weighted by Crippen LogP contribution is -2.29. The summed E-state index contributed by atoms with van der Waals surface area (Å²) in [4.78, 5) is 12.4. The van der Waals surface area contributed by atoms with Gasteiger partial charge in [-0.15, -0.1) is 0 Å². The number of rotatable bonds is 5. The number of hydrogen-bond donors (Lipinski definition) is 2. The van der Waals surface area contributed by atoms with Crippen molar-refractivity contribution < 1.29 is 18.3 Å². The van der Waals surface area contributed by atoms with Gasteiger partial charge in [0, 0.05) is 18.7 Å². The minimum absolute atomic E-state index is 0.0793. The van der Waals surface area contributed by atoms with E-state index in [0.29, 0.717) is 24.2 Å². The van der Waals surface area contributed by atoms with Crippen molar-refractivity contribution in [1.29, 1.82) is 0 Å². The zero-order chi connectivity index (χ0) is 18.7. The molecule has 1 aliphatic rings. The number of sulfonamides is 1. The first-order chi connectivity index (χ1) is 12.4. The molecule has 6 nitrogen and oxygen atoms in total. The van der Waals surface area contributed by atoms with E-state index in [0.717, 1.165) is 11.1 Å². The summed E-state index contributed by atoms with van der Waals surface area (Å²) >= 11 is 0. The molecule has 0 aromatic heterocycles. The molecule has 2 aromatic carbocycles. The Kier molecular flexibility index (Phi) is 5.29. The summed E-state index contributed by atoms with van der Waals surface area (Å²) in [6.45, 7) is 2.41. The van der Waals surface area contributed by atoms with Gasteiger partial charge in [0.1, 0.15) is 0 Å². The van der Waals surface area contributed by atoms with Gasteiger partial charge in [-0.2, -0.15) is 0 Å². The van der Waals surface area contributed by atoms with E-state index in [-0.39, 0.29) is 18.2 Å². The van der Waals surface area contributed by atoms with Crippen LogP contribution in [0.5, 0.6) is 0 Å². The fourth-order valence-electron chi connectivity index (χ4n) is 3.09. The number of carbonyl (C=O) groups excluding carboxylic acids is 1. The van der Waals surface area contributed by atoms with Crippen LogP contribution in [-0.2, 0) is 10.0 Å². The molecule has 0 aliphatic carbocycles. The van der Waals surface area contributed by atoms with Gasteiger partial charge in [0.2, 0.25) is 10.0 Å². The Labute approximate surface area is 153 Å². The Morgan fingerprint density at radius 3 is 2.69 bits per heavy atom. The fraction of sp³-hybridized carbons (Fsp3) is 0.316. The van der Waals surface area contributed by atoms with Gasteiger partial charge in [-0.1, -0.05) is 30.3 Å². The second-order valence-electron chi connectivity index (χ2n) is 6.37. The van der Waals surface area contributed by atoms with E-state index in [4.69, 9.17) is 0 Å². The highest BCUT2D eigenvalue weighted by molar-refractivity contribution is 7.93. The minimum atomic E-state index is -3.29. The van der Waals surface area contributed by atoms with Gasteiger partial charge in [-0.25, -0.2) is 8.42 Å². The molecule has 0 spiro atoms. The van der Waals surface area contributed by atoms with Gasteiger partial charge >= 0.3 is 0 Å². The number of hydrogen-bond acceptors (Lipinski definition) is 4. The molecule has 1 aliphatic heterocycles. The topological polar surface area (TPSA) is 86.7 Å². The van der Waals surface area contributed by atoms with Crippen LogP contribution in [-0.4, -0.2) is 38.3 Å². The van der Waals surface area contributed by atoms with Crippen LogP contribution in [0.4, 0.5) is 5.69 Å². The van der Waals surface area contributed by atoms with Crippen LogP contribution >= 0.6 is 0 Å². The number of nitrogens with one attached hydrogen (secondary N) is 1. The number of carbonyl (C=O) groups is 1. The van der Waals surface area contributed by atoms with Crippen LogP contribution in [0, 0.1) is 6.92 Å². The summed E-state index contributed by atoms with van der Waals surface area (Å²) in [6, 6.07) is 14.0. The van der Waals surface area contributed by atoms with Crippen molar-refractivity contribution in [3.63, 3.8) is 0 Å². The van der Waals surface area contributed by atoms with E-state index < -0.39 is 16.1 Å². The Morgan fingerprint density at radius 1 is 1.23 bits per heavy atom. The molecule has 1 fully saturated rings. The van der Waals surface area contributed by atoms with Crippen LogP contribution in [0.15, 0.2) is 48.5 Å².